The van der Waals surface area contributed by atoms with E-state index in [1.54, 1.807) is 20.8 Å². The number of ether oxygens (including phenoxy) is 2. The molecule has 1 aromatic rings. The SMILES string of the molecule is CC(C)(C)OC(=O)N[C@@H](COCc1ccccc1)C(=O)CCl. The van der Waals surface area contributed by atoms with Crippen molar-refractivity contribution in [3.05, 3.63) is 35.9 Å². The maximum atomic E-state index is 11.8. The molecule has 0 aliphatic rings. The average molecular weight is 328 g/mol. The van der Waals surface area contributed by atoms with Crippen LogP contribution in [-0.2, 0) is 20.9 Å². The number of ketones is 1. The van der Waals surface area contributed by atoms with E-state index in [9.17, 15) is 9.59 Å². The number of alkyl halides is 1. The molecule has 1 amide bonds. The van der Waals surface area contributed by atoms with Crippen molar-refractivity contribution in [3.8, 4) is 0 Å². The Kier molecular flexibility index (Phi) is 7.35. The molecule has 0 fully saturated rings. The largest absolute Gasteiger partial charge is 0.444 e. The summed E-state index contributed by atoms with van der Waals surface area (Å²) in [4.78, 5) is 23.5. The van der Waals surface area contributed by atoms with Gasteiger partial charge < -0.3 is 14.8 Å². The van der Waals surface area contributed by atoms with Crippen LogP contribution in [0.3, 0.4) is 0 Å². The molecule has 1 rings (SSSR count). The lowest BCUT2D eigenvalue weighted by Gasteiger charge is -2.22. The zero-order chi connectivity index (χ0) is 16.6. The maximum absolute atomic E-state index is 11.8. The molecule has 0 aliphatic heterocycles. The molecule has 0 saturated carbocycles. The minimum Gasteiger partial charge on any atom is -0.444 e. The average Bonchev–Trinajstić information content (AvgIpc) is 2.44. The fraction of sp³-hybridized carbons (Fsp3) is 0.500. The molecule has 0 aliphatic carbocycles. The van der Waals surface area contributed by atoms with Gasteiger partial charge in [-0.2, -0.15) is 0 Å². The molecule has 0 saturated heterocycles. The number of alkyl carbamates (subject to hydrolysis) is 1. The normalized spacial score (nSPS) is 12.5. The molecule has 0 heterocycles. The van der Waals surface area contributed by atoms with Gasteiger partial charge in [-0.3, -0.25) is 4.79 Å². The van der Waals surface area contributed by atoms with Crippen LogP contribution in [0.4, 0.5) is 4.79 Å². The predicted molar refractivity (Wildman–Crippen MR) is 85.0 cm³/mol. The highest BCUT2D eigenvalue weighted by molar-refractivity contribution is 6.28. The van der Waals surface area contributed by atoms with Crippen molar-refractivity contribution in [2.45, 2.75) is 39.0 Å². The van der Waals surface area contributed by atoms with Crippen molar-refractivity contribution in [2.24, 2.45) is 0 Å². The number of nitrogens with one attached hydrogen (secondary N) is 1. The van der Waals surface area contributed by atoms with Crippen molar-refractivity contribution in [1.29, 1.82) is 0 Å². The molecule has 0 aromatic heterocycles. The van der Waals surface area contributed by atoms with Crippen molar-refractivity contribution >= 4 is 23.5 Å². The molecule has 0 spiro atoms. The van der Waals surface area contributed by atoms with Crippen LogP contribution in [0, 0.1) is 0 Å². The summed E-state index contributed by atoms with van der Waals surface area (Å²) in [5, 5.41) is 2.49. The van der Waals surface area contributed by atoms with Crippen molar-refractivity contribution in [2.75, 3.05) is 12.5 Å². The Balaban J connectivity index is 2.50. The Morgan fingerprint density at radius 2 is 1.86 bits per heavy atom. The second kappa shape index (κ2) is 8.76. The van der Waals surface area contributed by atoms with E-state index in [-0.39, 0.29) is 18.3 Å². The van der Waals surface area contributed by atoms with E-state index in [1.165, 1.54) is 0 Å². The van der Waals surface area contributed by atoms with E-state index >= 15 is 0 Å². The van der Waals surface area contributed by atoms with Crippen molar-refractivity contribution in [1.82, 2.24) is 5.32 Å². The number of halogens is 1. The molecule has 1 atom stereocenters. The highest BCUT2D eigenvalue weighted by Crippen LogP contribution is 2.07. The number of rotatable bonds is 7. The molecule has 5 nitrogen and oxygen atoms in total. The molecule has 6 heteroatoms. The summed E-state index contributed by atoms with van der Waals surface area (Å²) in [7, 11) is 0. The second-order valence-electron chi connectivity index (χ2n) is 5.80. The van der Waals surface area contributed by atoms with Crippen LogP contribution in [0.5, 0.6) is 0 Å². The number of carbonyl (C=O) groups excluding carboxylic acids is 2. The van der Waals surface area contributed by atoms with Gasteiger partial charge in [-0.05, 0) is 26.3 Å². The molecule has 1 N–H and O–H groups in total. The number of hydrogen-bond acceptors (Lipinski definition) is 4. The third kappa shape index (κ3) is 7.43. The summed E-state index contributed by atoms with van der Waals surface area (Å²) in [5.41, 5.74) is 0.348. The molecule has 22 heavy (non-hydrogen) atoms. The van der Waals surface area contributed by atoms with Crippen LogP contribution in [0.1, 0.15) is 26.3 Å². The van der Waals surface area contributed by atoms with Gasteiger partial charge in [0.2, 0.25) is 0 Å². The first kappa shape index (κ1) is 18.5. The Morgan fingerprint density at radius 3 is 2.41 bits per heavy atom. The zero-order valence-corrected chi connectivity index (χ0v) is 13.9. The van der Waals surface area contributed by atoms with Gasteiger partial charge in [-0.1, -0.05) is 30.3 Å². The monoisotopic (exact) mass is 327 g/mol. The molecule has 1 aromatic carbocycles. The summed E-state index contributed by atoms with van der Waals surface area (Å²) in [5.74, 6) is -0.518. The Labute approximate surface area is 135 Å². The topological polar surface area (TPSA) is 64.6 Å². The number of hydrogen-bond donors (Lipinski definition) is 1. The van der Waals surface area contributed by atoms with Gasteiger partial charge in [0.05, 0.1) is 19.1 Å². The van der Waals surface area contributed by atoms with E-state index < -0.39 is 17.7 Å². The van der Waals surface area contributed by atoms with E-state index in [4.69, 9.17) is 21.1 Å². The number of benzene rings is 1. The van der Waals surface area contributed by atoms with Gasteiger partial charge in [0.25, 0.3) is 0 Å². The lowest BCUT2D eigenvalue weighted by atomic mass is 10.2. The third-order valence-electron chi connectivity index (χ3n) is 2.61. The first-order valence-corrected chi connectivity index (χ1v) is 7.55. The molecular formula is C16H22ClNO4. The summed E-state index contributed by atoms with van der Waals surface area (Å²) < 4.78 is 10.6. The zero-order valence-electron chi connectivity index (χ0n) is 13.1. The van der Waals surface area contributed by atoms with Gasteiger partial charge in [0.1, 0.15) is 11.6 Å². The Morgan fingerprint density at radius 1 is 1.23 bits per heavy atom. The van der Waals surface area contributed by atoms with Gasteiger partial charge in [-0.25, -0.2) is 4.79 Å². The van der Waals surface area contributed by atoms with E-state index in [1.807, 2.05) is 30.3 Å². The smallest absolute Gasteiger partial charge is 0.408 e. The number of Topliss-reactive ketones (excluding diaryl/α,β-unsaturated/α-hetero) is 1. The highest BCUT2D eigenvalue weighted by Gasteiger charge is 2.23. The van der Waals surface area contributed by atoms with Crippen molar-refractivity contribution < 1.29 is 19.1 Å². The second-order valence-corrected chi connectivity index (χ2v) is 6.07. The standard InChI is InChI=1S/C16H22ClNO4/c1-16(2,3)22-15(20)18-13(14(19)9-17)11-21-10-12-7-5-4-6-8-12/h4-8,13H,9-11H2,1-3H3,(H,18,20)/t13-/m0/s1. The third-order valence-corrected chi connectivity index (χ3v) is 2.87. The first-order valence-electron chi connectivity index (χ1n) is 7.01. The first-order chi connectivity index (χ1) is 10.3. The predicted octanol–water partition coefficient (Wildman–Crippen LogP) is 2.90. The summed E-state index contributed by atoms with van der Waals surface area (Å²) in [6.07, 6.45) is -0.667. The molecule has 0 radical (unpaired) electrons. The van der Waals surface area contributed by atoms with Gasteiger partial charge >= 0.3 is 6.09 Å². The number of carbonyl (C=O) groups is 2. The Bertz CT molecular complexity index is 485. The van der Waals surface area contributed by atoms with E-state index in [0.29, 0.717) is 6.61 Å². The summed E-state index contributed by atoms with van der Waals surface area (Å²) >= 11 is 5.56. The van der Waals surface area contributed by atoms with Crippen LogP contribution in [0.25, 0.3) is 0 Å². The van der Waals surface area contributed by atoms with E-state index in [0.717, 1.165) is 5.56 Å². The fourth-order valence-corrected chi connectivity index (χ4v) is 1.81. The summed E-state index contributed by atoms with van der Waals surface area (Å²) in [6, 6.07) is 8.72. The minimum absolute atomic E-state index is 0.0414. The lowest BCUT2D eigenvalue weighted by Crippen LogP contribution is -2.46. The van der Waals surface area contributed by atoms with Crippen LogP contribution in [0.2, 0.25) is 0 Å². The van der Waals surface area contributed by atoms with Crippen LogP contribution >= 0.6 is 11.6 Å². The van der Waals surface area contributed by atoms with Crippen LogP contribution < -0.4 is 5.32 Å². The minimum atomic E-state index is -0.823. The molecular weight excluding hydrogens is 306 g/mol. The van der Waals surface area contributed by atoms with Crippen LogP contribution in [-0.4, -0.2) is 36.0 Å². The van der Waals surface area contributed by atoms with Crippen molar-refractivity contribution in [3.63, 3.8) is 0 Å². The number of amides is 1. The van der Waals surface area contributed by atoms with Crippen LogP contribution in [0.15, 0.2) is 30.3 Å². The van der Waals surface area contributed by atoms with E-state index in [2.05, 4.69) is 5.32 Å². The van der Waals surface area contributed by atoms with Gasteiger partial charge in [0, 0.05) is 0 Å². The molecule has 0 unspecified atom stereocenters. The maximum Gasteiger partial charge on any atom is 0.408 e. The molecule has 0 bridgehead atoms. The molecule has 122 valence electrons. The quantitative estimate of drug-likeness (QED) is 0.782. The summed E-state index contributed by atoms with van der Waals surface area (Å²) in [6.45, 7) is 5.63. The highest BCUT2D eigenvalue weighted by atomic mass is 35.5. The lowest BCUT2D eigenvalue weighted by molar-refractivity contribution is -0.120. The van der Waals surface area contributed by atoms with Gasteiger partial charge in [0.15, 0.2) is 5.78 Å². The van der Waals surface area contributed by atoms with Gasteiger partial charge in [-0.15, -0.1) is 11.6 Å². The Hall–Kier alpha value is -1.59. The fourth-order valence-electron chi connectivity index (χ4n) is 1.63.